The quantitative estimate of drug-likeness (QED) is 0.898. The third-order valence-corrected chi connectivity index (χ3v) is 5.86. The fourth-order valence-electron chi connectivity index (χ4n) is 3.29. The molecule has 2 saturated carbocycles. The van der Waals surface area contributed by atoms with Gasteiger partial charge in [0, 0.05) is 6.04 Å². The summed E-state index contributed by atoms with van der Waals surface area (Å²) in [6.07, 6.45) is 4.70. The summed E-state index contributed by atoms with van der Waals surface area (Å²) in [5, 5.41) is 2.80. The third kappa shape index (κ3) is 3.05. The first-order chi connectivity index (χ1) is 9.97. The highest BCUT2D eigenvalue weighted by molar-refractivity contribution is 7.90. The zero-order valence-corrected chi connectivity index (χ0v) is 12.8. The molecule has 0 aromatic heterocycles. The summed E-state index contributed by atoms with van der Waals surface area (Å²) in [6.45, 7) is 1.88. The van der Waals surface area contributed by atoms with Crippen LogP contribution >= 0.6 is 0 Å². The van der Waals surface area contributed by atoms with Gasteiger partial charge in [-0.05, 0) is 43.7 Å². The lowest BCUT2D eigenvalue weighted by Gasteiger charge is -2.08. The molecule has 0 heterocycles. The van der Waals surface area contributed by atoms with Crippen molar-refractivity contribution in [2.24, 2.45) is 11.8 Å². The zero-order chi connectivity index (χ0) is 15.0. The molecule has 0 radical (unpaired) electrons. The van der Waals surface area contributed by atoms with Crippen molar-refractivity contribution in [3.63, 3.8) is 0 Å². The average Bonchev–Trinajstić information content (AvgIpc) is 3.12. The molecule has 3 rings (SSSR count). The van der Waals surface area contributed by atoms with E-state index < -0.39 is 16.1 Å². The summed E-state index contributed by atoms with van der Waals surface area (Å²) >= 11 is 0. The van der Waals surface area contributed by atoms with Crippen molar-refractivity contribution in [2.75, 3.05) is 0 Å². The number of aryl methyl sites for hydroxylation is 1. The van der Waals surface area contributed by atoms with E-state index in [-0.39, 0.29) is 10.9 Å². The van der Waals surface area contributed by atoms with Gasteiger partial charge >= 0.3 is 6.03 Å². The minimum absolute atomic E-state index is 0.108. The molecule has 1 aromatic carbocycles. The number of carbonyl (C=O) groups excluding carboxylic acids is 1. The summed E-state index contributed by atoms with van der Waals surface area (Å²) in [6, 6.07) is 5.96. The van der Waals surface area contributed by atoms with Gasteiger partial charge in [0.1, 0.15) is 0 Å². The van der Waals surface area contributed by atoms with E-state index in [1.165, 1.54) is 25.0 Å². The van der Waals surface area contributed by atoms with Crippen molar-refractivity contribution in [1.29, 1.82) is 0 Å². The molecule has 6 heteroatoms. The number of benzene rings is 1. The number of sulfonamides is 1. The second kappa shape index (κ2) is 5.33. The summed E-state index contributed by atoms with van der Waals surface area (Å²) in [7, 11) is -3.79. The number of hydrogen-bond acceptors (Lipinski definition) is 3. The number of rotatable bonds is 3. The first-order valence-corrected chi connectivity index (χ1v) is 8.86. The third-order valence-electron chi connectivity index (χ3n) is 4.51. The van der Waals surface area contributed by atoms with Crippen LogP contribution in [0.15, 0.2) is 29.2 Å². The Morgan fingerprint density at radius 3 is 2.24 bits per heavy atom. The number of amides is 2. The lowest BCUT2D eigenvalue weighted by atomic mass is 10.0. The van der Waals surface area contributed by atoms with Gasteiger partial charge < -0.3 is 5.32 Å². The van der Waals surface area contributed by atoms with Crippen LogP contribution in [0.5, 0.6) is 0 Å². The molecule has 1 aromatic rings. The van der Waals surface area contributed by atoms with E-state index in [0.29, 0.717) is 11.8 Å². The highest BCUT2D eigenvalue weighted by Gasteiger charge is 2.51. The summed E-state index contributed by atoms with van der Waals surface area (Å²) in [4.78, 5) is 12.0. The number of hydrogen-bond donors (Lipinski definition) is 2. The Morgan fingerprint density at radius 2 is 1.67 bits per heavy atom. The minimum Gasteiger partial charge on any atom is -0.334 e. The van der Waals surface area contributed by atoms with Crippen LogP contribution in [-0.2, 0) is 10.0 Å². The van der Waals surface area contributed by atoms with Crippen LogP contribution in [-0.4, -0.2) is 20.5 Å². The topological polar surface area (TPSA) is 75.3 Å². The van der Waals surface area contributed by atoms with Crippen LogP contribution < -0.4 is 10.0 Å². The Hall–Kier alpha value is -1.56. The van der Waals surface area contributed by atoms with Gasteiger partial charge in [-0.25, -0.2) is 17.9 Å². The predicted molar refractivity (Wildman–Crippen MR) is 79.3 cm³/mol. The van der Waals surface area contributed by atoms with Crippen molar-refractivity contribution < 1.29 is 13.2 Å². The van der Waals surface area contributed by atoms with Gasteiger partial charge in [0.25, 0.3) is 10.0 Å². The summed E-state index contributed by atoms with van der Waals surface area (Å²) in [5.74, 6) is 1.10. The monoisotopic (exact) mass is 308 g/mol. The van der Waals surface area contributed by atoms with Gasteiger partial charge in [0.05, 0.1) is 4.90 Å². The van der Waals surface area contributed by atoms with Crippen molar-refractivity contribution in [1.82, 2.24) is 10.0 Å². The standard InChI is InChI=1S/C15H20N2O3S/c1-10-6-8-11(9-7-10)21(19,20)17-15(18)16-14-12-4-2-3-5-13(12)14/h6-9,12-14H,2-5H2,1H3,(H2,16,17,18)/t12-,13-/m1/s1. The molecule has 2 aliphatic carbocycles. The van der Waals surface area contributed by atoms with Gasteiger partial charge in [-0.3, -0.25) is 0 Å². The molecule has 0 bridgehead atoms. The smallest absolute Gasteiger partial charge is 0.328 e. The molecular formula is C15H20N2O3S. The molecule has 2 fully saturated rings. The number of urea groups is 1. The lowest BCUT2D eigenvalue weighted by molar-refractivity contribution is 0.244. The minimum atomic E-state index is -3.79. The molecule has 2 aliphatic rings. The summed E-state index contributed by atoms with van der Waals surface area (Å²) in [5.41, 5.74) is 0.973. The maximum Gasteiger partial charge on any atom is 0.328 e. The Kier molecular flexibility index (Phi) is 3.65. The molecule has 2 atom stereocenters. The van der Waals surface area contributed by atoms with E-state index in [9.17, 15) is 13.2 Å². The van der Waals surface area contributed by atoms with Gasteiger partial charge in [0.15, 0.2) is 0 Å². The zero-order valence-electron chi connectivity index (χ0n) is 12.0. The van der Waals surface area contributed by atoms with Crippen molar-refractivity contribution in [2.45, 2.75) is 43.5 Å². The van der Waals surface area contributed by atoms with E-state index in [2.05, 4.69) is 10.0 Å². The summed E-state index contributed by atoms with van der Waals surface area (Å²) < 4.78 is 26.3. The van der Waals surface area contributed by atoms with Crippen molar-refractivity contribution in [3.05, 3.63) is 29.8 Å². The molecule has 0 unspecified atom stereocenters. The molecule has 5 nitrogen and oxygen atoms in total. The van der Waals surface area contributed by atoms with Gasteiger partial charge in [-0.2, -0.15) is 0 Å². The van der Waals surface area contributed by atoms with Gasteiger partial charge in [0.2, 0.25) is 0 Å². The van der Waals surface area contributed by atoms with Crippen LogP contribution in [0.25, 0.3) is 0 Å². The van der Waals surface area contributed by atoms with Crippen LogP contribution in [0, 0.1) is 18.8 Å². The Labute approximate surface area is 125 Å². The average molecular weight is 308 g/mol. The van der Waals surface area contributed by atoms with Gasteiger partial charge in [-0.15, -0.1) is 0 Å². The maximum absolute atomic E-state index is 12.1. The number of carbonyl (C=O) groups is 1. The second-order valence-electron chi connectivity index (χ2n) is 6.03. The Bertz CT molecular complexity index is 627. The Balaban J connectivity index is 1.60. The largest absolute Gasteiger partial charge is 0.334 e. The van der Waals surface area contributed by atoms with Crippen LogP contribution in [0.2, 0.25) is 0 Å². The van der Waals surface area contributed by atoms with E-state index in [0.717, 1.165) is 18.4 Å². The van der Waals surface area contributed by atoms with Crippen molar-refractivity contribution >= 4 is 16.1 Å². The van der Waals surface area contributed by atoms with E-state index in [4.69, 9.17) is 0 Å². The number of nitrogens with one attached hydrogen (secondary N) is 2. The van der Waals surface area contributed by atoms with Crippen LogP contribution in [0.1, 0.15) is 31.2 Å². The molecular weight excluding hydrogens is 288 g/mol. The molecule has 2 amide bonds. The molecule has 0 spiro atoms. The molecule has 114 valence electrons. The maximum atomic E-state index is 12.1. The first kappa shape index (κ1) is 14.4. The fraction of sp³-hybridized carbons (Fsp3) is 0.533. The Morgan fingerprint density at radius 1 is 1.10 bits per heavy atom. The second-order valence-corrected chi connectivity index (χ2v) is 7.71. The fourth-order valence-corrected chi connectivity index (χ4v) is 4.20. The van der Waals surface area contributed by atoms with E-state index in [1.807, 2.05) is 6.92 Å². The molecule has 0 saturated heterocycles. The van der Waals surface area contributed by atoms with Crippen LogP contribution in [0.4, 0.5) is 4.79 Å². The van der Waals surface area contributed by atoms with Gasteiger partial charge in [-0.1, -0.05) is 30.5 Å². The first-order valence-electron chi connectivity index (χ1n) is 7.37. The van der Waals surface area contributed by atoms with Crippen LogP contribution in [0.3, 0.4) is 0 Å². The SMILES string of the molecule is Cc1ccc(S(=O)(=O)NC(=O)NC2[C@@H]3CCCC[C@@H]23)cc1. The molecule has 2 N–H and O–H groups in total. The highest BCUT2D eigenvalue weighted by Crippen LogP contribution is 2.49. The normalized spacial score (nSPS) is 27.6. The molecule has 0 aliphatic heterocycles. The molecule has 21 heavy (non-hydrogen) atoms. The lowest BCUT2D eigenvalue weighted by Crippen LogP contribution is -2.41. The number of fused-ring (bicyclic) bond motifs is 1. The predicted octanol–water partition coefficient (Wildman–Crippen LogP) is 2.17. The van der Waals surface area contributed by atoms with E-state index in [1.54, 1.807) is 12.1 Å². The van der Waals surface area contributed by atoms with Crippen molar-refractivity contribution in [3.8, 4) is 0 Å². The van der Waals surface area contributed by atoms with E-state index >= 15 is 0 Å². The highest BCUT2D eigenvalue weighted by atomic mass is 32.2.